The predicted molar refractivity (Wildman–Crippen MR) is 88.3 cm³/mol. The van der Waals surface area contributed by atoms with E-state index >= 15 is 0 Å². The van der Waals surface area contributed by atoms with Crippen LogP contribution in [0.15, 0.2) is 30.5 Å². The number of hydrogen-bond acceptors (Lipinski definition) is 2. The number of hydrogen-bond donors (Lipinski definition) is 0. The van der Waals surface area contributed by atoms with E-state index in [0.717, 1.165) is 11.5 Å². The van der Waals surface area contributed by atoms with Crippen molar-refractivity contribution in [1.29, 1.82) is 0 Å². The molecule has 0 radical (unpaired) electrons. The highest BCUT2D eigenvalue weighted by Crippen LogP contribution is 2.32. The molecule has 3 aromatic rings. The number of fused-ring (bicyclic) bond motifs is 1. The van der Waals surface area contributed by atoms with Crippen molar-refractivity contribution in [2.45, 2.75) is 6.42 Å². The summed E-state index contributed by atoms with van der Waals surface area (Å²) < 4.78 is 1.86. The normalized spacial score (nSPS) is 11.2. The second-order valence-electron chi connectivity index (χ2n) is 4.37. The molecule has 0 saturated heterocycles. The molecule has 0 N–H and O–H groups in total. The lowest BCUT2D eigenvalue weighted by Gasteiger charge is -2.10. The Hall–Kier alpha value is -1.000. The van der Waals surface area contributed by atoms with Crippen LogP contribution in [0.3, 0.4) is 0 Å². The van der Waals surface area contributed by atoms with Gasteiger partial charge in [-0.3, -0.25) is 4.57 Å². The molecule has 0 unspecified atom stereocenters. The van der Waals surface area contributed by atoms with Crippen LogP contribution < -0.4 is 0 Å². The van der Waals surface area contributed by atoms with Gasteiger partial charge < -0.3 is 0 Å². The molecule has 2 aromatic heterocycles. The Bertz CT molecular complexity index is 813. The molecule has 21 heavy (non-hydrogen) atoms. The first kappa shape index (κ1) is 14.9. The maximum absolute atomic E-state index is 6.32. The van der Waals surface area contributed by atoms with Crippen LogP contribution >= 0.6 is 46.4 Å². The van der Waals surface area contributed by atoms with E-state index in [1.165, 1.54) is 0 Å². The van der Waals surface area contributed by atoms with Gasteiger partial charge in [0.15, 0.2) is 5.65 Å². The summed E-state index contributed by atoms with van der Waals surface area (Å²) in [5.74, 6) is 1.20. The quantitative estimate of drug-likeness (QED) is 0.604. The average Bonchev–Trinajstić information content (AvgIpc) is 2.79. The first-order valence-electron chi connectivity index (χ1n) is 6.15. The van der Waals surface area contributed by atoms with Crippen LogP contribution in [-0.2, 0) is 6.42 Å². The van der Waals surface area contributed by atoms with Crippen LogP contribution in [0.2, 0.25) is 15.1 Å². The van der Waals surface area contributed by atoms with Crippen molar-refractivity contribution in [3.05, 3.63) is 51.4 Å². The molecule has 2 heterocycles. The highest BCUT2D eigenvalue weighted by atomic mass is 35.5. The molecule has 0 saturated carbocycles. The standard InChI is InChI=1S/C14H9Cl4N3/c15-5-4-12-20-10-6-8(16)7-19-14(10)21(12)11-3-1-2-9(17)13(11)18/h1-3,6-7H,4-5H2. The lowest BCUT2D eigenvalue weighted by molar-refractivity contribution is 0.905. The van der Waals surface area contributed by atoms with E-state index in [1.54, 1.807) is 18.3 Å². The topological polar surface area (TPSA) is 30.7 Å². The Morgan fingerprint density at radius 2 is 1.95 bits per heavy atom. The Morgan fingerprint density at radius 3 is 2.71 bits per heavy atom. The van der Waals surface area contributed by atoms with E-state index in [1.807, 2.05) is 16.7 Å². The second-order valence-corrected chi connectivity index (χ2v) is 5.97. The summed E-state index contributed by atoms with van der Waals surface area (Å²) >= 11 is 24.3. The Kier molecular flexibility index (Phi) is 4.27. The zero-order valence-electron chi connectivity index (χ0n) is 10.7. The van der Waals surface area contributed by atoms with E-state index in [2.05, 4.69) is 9.97 Å². The number of nitrogens with zero attached hydrogens (tertiary/aromatic N) is 3. The van der Waals surface area contributed by atoms with Crippen molar-refractivity contribution < 1.29 is 0 Å². The summed E-state index contributed by atoms with van der Waals surface area (Å²) in [5.41, 5.74) is 2.09. The maximum Gasteiger partial charge on any atom is 0.164 e. The number of imidazole rings is 1. The van der Waals surface area contributed by atoms with E-state index in [4.69, 9.17) is 46.4 Å². The van der Waals surface area contributed by atoms with Gasteiger partial charge in [-0.1, -0.05) is 40.9 Å². The fourth-order valence-electron chi connectivity index (χ4n) is 2.16. The molecule has 0 bridgehead atoms. The van der Waals surface area contributed by atoms with Gasteiger partial charge in [-0.2, -0.15) is 0 Å². The van der Waals surface area contributed by atoms with Crippen molar-refractivity contribution >= 4 is 57.6 Å². The molecule has 0 spiro atoms. The summed E-state index contributed by atoms with van der Waals surface area (Å²) in [6, 6.07) is 7.19. The number of alkyl halides is 1. The number of benzene rings is 1. The van der Waals surface area contributed by atoms with Gasteiger partial charge in [0, 0.05) is 18.5 Å². The molecule has 0 aliphatic carbocycles. The van der Waals surface area contributed by atoms with Crippen molar-refractivity contribution in [3.63, 3.8) is 0 Å². The number of rotatable bonds is 3. The van der Waals surface area contributed by atoms with E-state index < -0.39 is 0 Å². The number of aryl methyl sites for hydroxylation is 1. The molecule has 0 fully saturated rings. The van der Waals surface area contributed by atoms with Gasteiger partial charge in [0.05, 0.1) is 20.8 Å². The molecule has 0 atom stereocenters. The highest BCUT2D eigenvalue weighted by Gasteiger charge is 2.16. The molecule has 0 aliphatic rings. The zero-order chi connectivity index (χ0) is 15.0. The van der Waals surface area contributed by atoms with E-state index in [9.17, 15) is 0 Å². The van der Waals surface area contributed by atoms with Gasteiger partial charge in [-0.15, -0.1) is 11.6 Å². The lowest BCUT2D eigenvalue weighted by Crippen LogP contribution is -2.03. The summed E-state index contributed by atoms with van der Waals surface area (Å²) in [6.07, 6.45) is 2.16. The zero-order valence-corrected chi connectivity index (χ0v) is 13.7. The molecular weight excluding hydrogens is 352 g/mol. The molecule has 3 nitrogen and oxygen atoms in total. The van der Waals surface area contributed by atoms with Gasteiger partial charge in [0.25, 0.3) is 0 Å². The van der Waals surface area contributed by atoms with Crippen molar-refractivity contribution in [1.82, 2.24) is 14.5 Å². The molecule has 0 aliphatic heterocycles. The molecule has 7 heteroatoms. The number of aromatic nitrogens is 3. The SMILES string of the molecule is ClCCc1nc2cc(Cl)cnc2n1-c1cccc(Cl)c1Cl. The van der Waals surface area contributed by atoms with E-state index in [0.29, 0.717) is 38.5 Å². The molecule has 3 rings (SSSR count). The summed E-state index contributed by atoms with van der Waals surface area (Å²) in [5, 5.41) is 1.45. The maximum atomic E-state index is 6.32. The van der Waals surface area contributed by atoms with Crippen LogP contribution in [0.1, 0.15) is 5.82 Å². The Labute approximate surface area is 141 Å². The molecule has 108 valence electrons. The molecular formula is C14H9Cl4N3. The smallest absolute Gasteiger partial charge is 0.164 e. The minimum absolute atomic E-state index is 0.440. The van der Waals surface area contributed by atoms with Gasteiger partial charge >= 0.3 is 0 Å². The van der Waals surface area contributed by atoms with Gasteiger partial charge in [-0.05, 0) is 18.2 Å². The minimum Gasteiger partial charge on any atom is -0.279 e. The Morgan fingerprint density at radius 1 is 1.14 bits per heavy atom. The summed E-state index contributed by atoms with van der Waals surface area (Å²) in [4.78, 5) is 8.89. The largest absolute Gasteiger partial charge is 0.279 e. The van der Waals surface area contributed by atoms with Crippen molar-refractivity contribution in [2.75, 3.05) is 5.88 Å². The van der Waals surface area contributed by atoms with Crippen LogP contribution in [0.5, 0.6) is 0 Å². The van der Waals surface area contributed by atoms with Crippen LogP contribution in [0.4, 0.5) is 0 Å². The van der Waals surface area contributed by atoms with Gasteiger partial charge in [0.2, 0.25) is 0 Å². The molecule has 0 amide bonds. The predicted octanol–water partition coefficient (Wildman–Crippen LogP) is 5.16. The van der Waals surface area contributed by atoms with Crippen LogP contribution in [-0.4, -0.2) is 20.4 Å². The van der Waals surface area contributed by atoms with Crippen molar-refractivity contribution in [2.24, 2.45) is 0 Å². The van der Waals surface area contributed by atoms with Crippen molar-refractivity contribution in [3.8, 4) is 5.69 Å². The van der Waals surface area contributed by atoms with E-state index in [-0.39, 0.29) is 0 Å². The van der Waals surface area contributed by atoms with Gasteiger partial charge in [0.1, 0.15) is 11.3 Å². The first-order valence-corrected chi connectivity index (χ1v) is 7.82. The van der Waals surface area contributed by atoms with Gasteiger partial charge in [-0.25, -0.2) is 9.97 Å². The third-order valence-corrected chi connectivity index (χ3v) is 4.23. The molecule has 1 aromatic carbocycles. The summed E-state index contributed by atoms with van der Waals surface area (Å²) in [7, 11) is 0. The highest BCUT2D eigenvalue weighted by molar-refractivity contribution is 6.43. The van der Waals surface area contributed by atoms with Crippen LogP contribution in [0.25, 0.3) is 16.9 Å². The monoisotopic (exact) mass is 359 g/mol. The third-order valence-electron chi connectivity index (χ3n) is 3.02. The van der Waals surface area contributed by atoms with Crippen LogP contribution in [0, 0.1) is 0 Å². The Balaban J connectivity index is 2.33. The third kappa shape index (κ3) is 2.71. The fourth-order valence-corrected chi connectivity index (χ4v) is 2.86. The number of halogens is 4. The first-order chi connectivity index (χ1) is 10.1. The minimum atomic E-state index is 0.440. The summed E-state index contributed by atoms with van der Waals surface area (Å²) in [6.45, 7) is 0. The second kappa shape index (κ2) is 6.01. The lowest BCUT2D eigenvalue weighted by atomic mass is 10.3. The average molecular weight is 361 g/mol. The fraction of sp³-hybridized carbons (Fsp3) is 0.143. The number of pyridine rings is 1.